The number of likely N-dealkylation sites (N-methyl/N-ethyl adjacent to an activating group) is 1. The van der Waals surface area contributed by atoms with Crippen molar-refractivity contribution >= 4 is 12.0 Å². The first-order valence-corrected chi connectivity index (χ1v) is 11.8. The van der Waals surface area contributed by atoms with E-state index in [9.17, 15) is 9.59 Å². The number of hydrogen-bond donors (Lipinski definition) is 1. The first-order valence-electron chi connectivity index (χ1n) is 11.8. The molecule has 0 spiro atoms. The number of nitrogens with one attached hydrogen (secondary N) is 1. The fourth-order valence-electron chi connectivity index (χ4n) is 3.38. The van der Waals surface area contributed by atoms with E-state index in [0.717, 1.165) is 11.1 Å². The van der Waals surface area contributed by atoms with Gasteiger partial charge in [0.1, 0.15) is 5.60 Å². The maximum Gasteiger partial charge on any atom is 0.410 e. The first-order chi connectivity index (χ1) is 16.8. The predicted octanol–water partition coefficient (Wildman–Crippen LogP) is 4.46. The molecular weight excluding hydrogens is 456 g/mol. The molecule has 2 aromatic carbocycles. The molecule has 0 aliphatic heterocycles. The first kappa shape index (κ1) is 26.7. The van der Waals surface area contributed by atoms with Crippen LogP contribution in [-0.2, 0) is 4.74 Å². The van der Waals surface area contributed by atoms with Crippen LogP contribution in [0.25, 0.3) is 11.4 Å². The van der Waals surface area contributed by atoms with Gasteiger partial charge in [-0.15, -0.1) is 20.4 Å². The molecule has 0 bridgehead atoms. The summed E-state index contributed by atoms with van der Waals surface area (Å²) in [5.74, 6) is 0.167. The van der Waals surface area contributed by atoms with Gasteiger partial charge in [0, 0.05) is 30.3 Å². The summed E-state index contributed by atoms with van der Waals surface area (Å²) in [6.45, 7) is 11.5. The molecule has 1 heterocycles. The summed E-state index contributed by atoms with van der Waals surface area (Å²) in [6.07, 6.45) is -0.463. The monoisotopic (exact) mass is 490 g/mol. The Morgan fingerprint density at radius 1 is 0.889 bits per heavy atom. The molecule has 36 heavy (non-hydrogen) atoms. The van der Waals surface area contributed by atoms with Crippen LogP contribution in [0.15, 0.2) is 54.6 Å². The standard InChI is InChI=1S/C27H34N6O3/c1-26(2,3)28-24(34)20-15-13-18(14-16-20)21(17-33(7)25(35)36-27(4,5)6)23-31-29-22(30-32-23)19-11-9-8-10-12-19/h8-16,21H,17H2,1-7H3,(H,28,34). The number of benzene rings is 2. The van der Waals surface area contributed by atoms with Crippen molar-refractivity contribution in [2.75, 3.05) is 13.6 Å². The van der Waals surface area contributed by atoms with E-state index < -0.39 is 17.6 Å². The zero-order valence-corrected chi connectivity index (χ0v) is 21.9. The molecule has 0 fully saturated rings. The summed E-state index contributed by atoms with van der Waals surface area (Å²) in [4.78, 5) is 26.7. The second-order valence-electron chi connectivity index (χ2n) is 10.7. The van der Waals surface area contributed by atoms with Gasteiger partial charge in [-0.25, -0.2) is 4.79 Å². The van der Waals surface area contributed by atoms with Crippen molar-refractivity contribution in [3.8, 4) is 11.4 Å². The molecule has 9 nitrogen and oxygen atoms in total. The van der Waals surface area contributed by atoms with E-state index in [4.69, 9.17) is 4.74 Å². The van der Waals surface area contributed by atoms with Gasteiger partial charge in [-0.3, -0.25) is 4.79 Å². The van der Waals surface area contributed by atoms with Gasteiger partial charge < -0.3 is 15.0 Å². The SMILES string of the molecule is CN(CC(c1ccc(C(=O)NC(C)(C)C)cc1)c1nnc(-c2ccccc2)nn1)C(=O)OC(C)(C)C. The fourth-order valence-corrected chi connectivity index (χ4v) is 3.38. The minimum Gasteiger partial charge on any atom is -0.444 e. The Morgan fingerprint density at radius 3 is 2.00 bits per heavy atom. The zero-order valence-electron chi connectivity index (χ0n) is 21.9. The van der Waals surface area contributed by atoms with E-state index in [1.807, 2.05) is 84.0 Å². The van der Waals surface area contributed by atoms with Crippen molar-refractivity contribution < 1.29 is 14.3 Å². The van der Waals surface area contributed by atoms with Crippen LogP contribution < -0.4 is 5.32 Å². The van der Waals surface area contributed by atoms with Gasteiger partial charge in [-0.2, -0.15) is 0 Å². The normalized spacial score (nSPS) is 12.5. The number of aromatic nitrogens is 4. The molecule has 0 radical (unpaired) electrons. The van der Waals surface area contributed by atoms with Crippen LogP contribution >= 0.6 is 0 Å². The van der Waals surface area contributed by atoms with Crippen molar-refractivity contribution in [2.45, 2.75) is 58.6 Å². The van der Waals surface area contributed by atoms with Crippen molar-refractivity contribution in [3.05, 3.63) is 71.5 Å². The Balaban J connectivity index is 1.90. The molecule has 3 rings (SSSR count). The van der Waals surface area contributed by atoms with Crippen molar-refractivity contribution in [2.24, 2.45) is 0 Å². The van der Waals surface area contributed by atoms with Crippen molar-refractivity contribution in [1.29, 1.82) is 0 Å². The Bertz CT molecular complexity index is 1170. The summed E-state index contributed by atoms with van der Waals surface area (Å²) < 4.78 is 5.51. The van der Waals surface area contributed by atoms with Gasteiger partial charge in [-0.05, 0) is 59.2 Å². The largest absolute Gasteiger partial charge is 0.444 e. The summed E-state index contributed by atoms with van der Waals surface area (Å²) >= 11 is 0. The Kier molecular flexibility index (Phi) is 8.02. The molecule has 1 N–H and O–H groups in total. The van der Waals surface area contributed by atoms with Crippen molar-refractivity contribution in [3.63, 3.8) is 0 Å². The average molecular weight is 491 g/mol. The second kappa shape index (κ2) is 10.8. The maximum atomic E-state index is 12.7. The number of carbonyl (C=O) groups excluding carboxylic acids is 2. The Labute approximate surface area is 212 Å². The second-order valence-corrected chi connectivity index (χ2v) is 10.7. The lowest BCUT2D eigenvalue weighted by Crippen LogP contribution is -2.40. The van der Waals surface area contributed by atoms with Crippen LogP contribution in [0, 0.1) is 0 Å². The maximum absolute atomic E-state index is 12.7. The molecule has 0 saturated carbocycles. The van der Waals surface area contributed by atoms with Crippen LogP contribution in [0.5, 0.6) is 0 Å². The Hall–Kier alpha value is -3.88. The third kappa shape index (κ3) is 7.56. The summed E-state index contributed by atoms with van der Waals surface area (Å²) in [5.41, 5.74) is 1.18. The Morgan fingerprint density at radius 2 is 1.47 bits per heavy atom. The zero-order chi connectivity index (χ0) is 26.5. The van der Waals surface area contributed by atoms with Gasteiger partial charge in [-0.1, -0.05) is 42.5 Å². The number of carbonyl (C=O) groups is 2. The lowest BCUT2D eigenvalue weighted by molar-refractivity contribution is 0.0292. The summed E-state index contributed by atoms with van der Waals surface area (Å²) in [6, 6.07) is 16.6. The molecule has 3 aromatic rings. The molecule has 190 valence electrons. The quantitative estimate of drug-likeness (QED) is 0.543. The lowest BCUT2D eigenvalue weighted by Gasteiger charge is -2.27. The molecule has 1 aromatic heterocycles. The topological polar surface area (TPSA) is 110 Å². The van der Waals surface area contributed by atoms with Crippen LogP contribution in [0.2, 0.25) is 0 Å². The number of nitrogens with zero attached hydrogens (tertiary/aromatic N) is 5. The molecule has 0 aliphatic carbocycles. The lowest BCUT2D eigenvalue weighted by atomic mass is 9.96. The van der Waals surface area contributed by atoms with Crippen molar-refractivity contribution in [1.82, 2.24) is 30.6 Å². The molecule has 0 aliphatic rings. The van der Waals surface area contributed by atoms with E-state index >= 15 is 0 Å². The summed E-state index contributed by atoms with van der Waals surface area (Å²) in [5, 5.41) is 20.2. The highest BCUT2D eigenvalue weighted by Gasteiger charge is 2.26. The highest BCUT2D eigenvalue weighted by molar-refractivity contribution is 5.94. The molecule has 9 heteroatoms. The predicted molar refractivity (Wildman–Crippen MR) is 137 cm³/mol. The van der Waals surface area contributed by atoms with E-state index in [0.29, 0.717) is 17.2 Å². The molecule has 2 amide bonds. The minimum absolute atomic E-state index is 0.164. The molecule has 0 saturated heterocycles. The third-order valence-electron chi connectivity index (χ3n) is 5.06. The highest BCUT2D eigenvalue weighted by Crippen LogP contribution is 2.24. The van der Waals surface area contributed by atoms with Crippen LogP contribution in [-0.4, -0.2) is 62.0 Å². The minimum atomic E-state index is -0.625. The summed E-state index contributed by atoms with van der Waals surface area (Å²) in [7, 11) is 1.66. The smallest absolute Gasteiger partial charge is 0.410 e. The fraction of sp³-hybridized carbons (Fsp3) is 0.407. The average Bonchev–Trinajstić information content (AvgIpc) is 2.81. The number of hydrogen-bond acceptors (Lipinski definition) is 7. The number of amides is 2. The van der Waals surface area contributed by atoms with E-state index in [1.54, 1.807) is 19.2 Å². The number of rotatable bonds is 6. The van der Waals surface area contributed by atoms with E-state index in [-0.39, 0.29) is 18.0 Å². The van der Waals surface area contributed by atoms with Crippen LogP contribution in [0.1, 0.15) is 69.2 Å². The van der Waals surface area contributed by atoms with Gasteiger partial charge in [0.15, 0.2) is 5.82 Å². The molecule has 1 unspecified atom stereocenters. The van der Waals surface area contributed by atoms with E-state index in [2.05, 4.69) is 25.7 Å². The van der Waals surface area contributed by atoms with E-state index in [1.165, 1.54) is 4.90 Å². The van der Waals surface area contributed by atoms with Gasteiger partial charge in [0.05, 0.1) is 5.92 Å². The third-order valence-corrected chi connectivity index (χ3v) is 5.06. The van der Waals surface area contributed by atoms with Gasteiger partial charge >= 0.3 is 6.09 Å². The number of ether oxygens (including phenoxy) is 1. The van der Waals surface area contributed by atoms with Gasteiger partial charge in [0.2, 0.25) is 5.82 Å². The van der Waals surface area contributed by atoms with Gasteiger partial charge in [0.25, 0.3) is 5.91 Å². The highest BCUT2D eigenvalue weighted by atomic mass is 16.6. The molecular formula is C27H34N6O3. The van der Waals surface area contributed by atoms with Crippen LogP contribution in [0.3, 0.4) is 0 Å². The molecule has 1 atom stereocenters. The van der Waals surface area contributed by atoms with Crippen LogP contribution in [0.4, 0.5) is 4.79 Å².